The van der Waals surface area contributed by atoms with Gasteiger partial charge < -0.3 is 14.8 Å². The zero-order valence-electron chi connectivity index (χ0n) is 13.5. The number of hydrogen-bond donors (Lipinski definition) is 1. The van der Waals surface area contributed by atoms with E-state index >= 15 is 0 Å². The van der Waals surface area contributed by atoms with Gasteiger partial charge in [0.2, 0.25) is 5.91 Å². The van der Waals surface area contributed by atoms with Crippen LogP contribution in [0.1, 0.15) is 26.2 Å². The first-order valence-electron chi connectivity index (χ1n) is 7.99. The second-order valence-corrected chi connectivity index (χ2v) is 5.56. The molecule has 1 amide bonds. The Labute approximate surface area is 132 Å². The summed E-state index contributed by atoms with van der Waals surface area (Å²) < 4.78 is 11.0. The van der Waals surface area contributed by atoms with Crippen molar-refractivity contribution in [1.82, 2.24) is 4.90 Å². The number of rotatable bonds is 7. The van der Waals surface area contributed by atoms with Gasteiger partial charge in [0.1, 0.15) is 5.75 Å². The van der Waals surface area contributed by atoms with Gasteiger partial charge in [0.05, 0.1) is 25.4 Å². The van der Waals surface area contributed by atoms with Gasteiger partial charge in [-0.15, -0.1) is 0 Å². The van der Waals surface area contributed by atoms with Crippen molar-refractivity contribution in [3.63, 3.8) is 0 Å². The monoisotopic (exact) mass is 306 g/mol. The normalized spacial score (nSPS) is 18.2. The van der Waals surface area contributed by atoms with Crippen LogP contribution in [-0.4, -0.2) is 50.3 Å². The summed E-state index contributed by atoms with van der Waals surface area (Å²) in [5.74, 6) is 0.650. The van der Waals surface area contributed by atoms with Crippen molar-refractivity contribution >= 4 is 11.6 Å². The average molecular weight is 306 g/mol. The van der Waals surface area contributed by atoms with Gasteiger partial charge in [0.25, 0.3) is 0 Å². The van der Waals surface area contributed by atoms with E-state index < -0.39 is 0 Å². The first-order valence-corrected chi connectivity index (χ1v) is 7.99. The smallest absolute Gasteiger partial charge is 0.238 e. The fraction of sp³-hybridized carbons (Fsp3) is 0.588. The molecular formula is C17H26N2O3. The molecule has 1 aliphatic rings. The Morgan fingerprint density at radius 1 is 1.41 bits per heavy atom. The van der Waals surface area contributed by atoms with Crippen molar-refractivity contribution < 1.29 is 14.3 Å². The number of ether oxygens (including phenoxy) is 2. The zero-order chi connectivity index (χ0) is 15.8. The SMILES string of the molecule is CCN(CC(=O)Nc1ccccc1OC)C[C@H]1CCCCO1. The summed E-state index contributed by atoms with van der Waals surface area (Å²) in [6.07, 6.45) is 3.71. The number of nitrogens with zero attached hydrogens (tertiary/aromatic N) is 1. The van der Waals surface area contributed by atoms with Gasteiger partial charge in [0.15, 0.2) is 0 Å². The van der Waals surface area contributed by atoms with E-state index in [1.807, 2.05) is 24.3 Å². The minimum atomic E-state index is -0.0258. The number of para-hydroxylation sites is 2. The van der Waals surface area contributed by atoms with E-state index in [1.165, 1.54) is 6.42 Å². The first-order chi connectivity index (χ1) is 10.7. The molecule has 5 heteroatoms. The maximum atomic E-state index is 12.2. The summed E-state index contributed by atoms with van der Waals surface area (Å²) in [5.41, 5.74) is 0.708. The molecule has 1 atom stereocenters. The third kappa shape index (κ3) is 5.00. The highest BCUT2D eigenvalue weighted by Gasteiger charge is 2.19. The van der Waals surface area contributed by atoms with Crippen molar-refractivity contribution in [3.05, 3.63) is 24.3 Å². The van der Waals surface area contributed by atoms with E-state index in [1.54, 1.807) is 7.11 Å². The van der Waals surface area contributed by atoms with Crippen molar-refractivity contribution in [2.45, 2.75) is 32.3 Å². The maximum Gasteiger partial charge on any atom is 0.238 e. The highest BCUT2D eigenvalue weighted by Crippen LogP contribution is 2.23. The summed E-state index contributed by atoms with van der Waals surface area (Å²) in [5, 5.41) is 2.92. The molecule has 1 saturated heterocycles. The molecule has 22 heavy (non-hydrogen) atoms. The average Bonchev–Trinajstić information content (AvgIpc) is 2.55. The van der Waals surface area contributed by atoms with Gasteiger partial charge in [0, 0.05) is 13.2 Å². The van der Waals surface area contributed by atoms with Gasteiger partial charge in [-0.25, -0.2) is 0 Å². The molecule has 1 fully saturated rings. The Bertz CT molecular complexity index is 473. The number of carbonyl (C=O) groups is 1. The molecular weight excluding hydrogens is 280 g/mol. The van der Waals surface area contributed by atoms with Crippen LogP contribution in [-0.2, 0) is 9.53 Å². The van der Waals surface area contributed by atoms with Crippen LogP contribution < -0.4 is 10.1 Å². The lowest BCUT2D eigenvalue weighted by Crippen LogP contribution is -2.40. The molecule has 0 aliphatic carbocycles. The van der Waals surface area contributed by atoms with Crippen molar-refractivity contribution in [2.75, 3.05) is 38.7 Å². The minimum absolute atomic E-state index is 0.0258. The molecule has 0 saturated carbocycles. The van der Waals surface area contributed by atoms with E-state index in [0.717, 1.165) is 32.5 Å². The number of carbonyl (C=O) groups excluding carboxylic acids is 1. The number of methoxy groups -OCH3 is 1. The Balaban J connectivity index is 1.86. The van der Waals surface area contributed by atoms with Crippen molar-refractivity contribution in [3.8, 4) is 5.75 Å². The summed E-state index contributed by atoms with van der Waals surface area (Å²) in [4.78, 5) is 14.4. The Hall–Kier alpha value is -1.59. The molecule has 1 aromatic carbocycles. The molecule has 1 aliphatic heterocycles. The fourth-order valence-electron chi connectivity index (χ4n) is 2.69. The van der Waals surface area contributed by atoms with Gasteiger partial charge >= 0.3 is 0 Å². The summed E-state index contributed by atoms with van der Waals surface area (Å²) in [6, 6.07) is 7.44. The lowest BCUT2D eigenvalue weighted by Gasteiger charge is -2.28. The van der Waals surface area contributed by atoms with Crippen LogP contribution in [0.15, 0.2) is 24.3 Å². The van der Waals surface area contributed by atoms with Crippen LogP contribution in [0.4, 0.5) is 5.69 Å². The predicted molar refractivity (Wildman–Crippen MR) is 87.3 cm³/mol. The van der Waals surface area contributed by atoms with Gasteiger partial charge in [-0.3, -0.25) is 9.69 Å². The lowest BCUT2D eigenvalue weighted by atomic mass is 10.1. The third-order valence-electron chi connectivity index (χ3n) is 3.93. The van der Waals surface area contributed by atoms with Gasteiger partial charge in [-0.1, -0.05) is 19.1 Å². The maximum absolute atomic E-state index is 12.2. The number of nitrogens with one attached hydrogen (secondary N) is 1. The van der Waals surface area contributed by atoms with Crippen LogP contribution in [0.3, 0.4) is 0 Å². The molecule has 1 N–H and O–H groups in total. The lowest BCUT2D eigenvalue weighted by molar-refractivity contribution is -0.117. The van der Waals surface area contributed by atoms with E-state index in [9.17, 15) is 4.79 Å². The number of anilines is 1. The quantitative estimate of drug-likeness (QED) is 0.841. The topological polar surface area (TPSA) is 50.8 Å². The molecule has 5 nitrogen and oxygen atoms in total. The molecule has 122 valence electrons. The molecule has 1 heterocycles. The van der Waals surface area contributed by atoms with Gasteiger partial charge in [-0.2, -0.15) is 0 Å². The Morgan fingerprint density at radius 3 is 2.91 bits per heavy atom. The summed E-state index contributed by atoms with van der Waals surface area (Å²) >= 11 is 0. The molecule has 1 aromatic rings. The molecule has 0 aromatic heterocycles. The van der Waals surface area contributed by atoms with Crippen LogP contribution in [0.2, 0.25) is 0 Å². The molecule has 2 rings (SSSR count). The predicted octanol–water partition coefficient (Wildman–Crippen LogP) is 2.52. The Kier molecular flexibility index (Phi) is 6.68. The van der Waals surface area contributed by atoms with Crippen molar-refractivity contribution in [1.29, 1.82) is 0 Å². The number of benzene rings is 1. The van der Waals surface area contributed by atoms with Crippen LogP contribution in [0, 0.1) is 0 Å². The van der Waals surface area contributed by atoms with Crippen molar-refractivity contribution in [2.24, 2.45) is 0 Å². The molecule has 0 radical (unpaired) electrons. The molecule has 0 unspecified atom stereocenters. The first kappa shape index (κ1) is 16.8. The highest BCUT2D eigenvalue weighted by atomic mass is 16.5. The zero-order valence-corrected chi connectivity index (χ0v) is 13.5. The van der Waals surface area contributed by atoms with E-state index in [4.69, 9.17) is 9.47 Å². The standard InChI is InChI=1S/C17H26N2O3/c1-3-19(12-14-8-6-7-11-22-14)13-17(20)18-15-9-4-5-10-16(15)21-2/h4-5,9-10,14H,3,6-8,11-13H2,1-2H3,(H,18,20)/t14-/m1/s1. The number of likely N-dealkylation sites (N-methyl/N-ethyl adjacent to an activating group) is 1. The van der Waals surface area contributed by atoms with Crippen LogP contribution >= 0.6 is 0 Å². The van der Waals surface area contributed by atoms with E-state index in [-0.39, 0.29) is 12.0 Å². The third-order valence-corrected chi connectivity index (χ3v) is 3.93. The number of amides is 1. The van der Waals surface area contributed by atoms with E-state index in [2.05, 4.69) is 17.1 Å². The summed E-state index contributed by atoms with van der Waals surface area (Å²) in [7, 11) is 1.60. The highest BCUT2D eigenvalue weighted by molar-refractivity contribution is 5.93. The number of hydrogen-bond acceptors (Lipinski definition) is 4. The Morgan fingerprint density at radius 2 is 2.23 bits per heavy atom. The van der Waals surface area contributed by atoms with Crippen LogP contribution in [0.5, 0.6) is 5.75 Å². The molecule has 0 spiro atoms. The minimum Gasteiger partial charge on any atom is -0.495 e. The molecule has 0 bridgehead atoms. The fourth-order valence-corrected chi connectivity index (χ4v) is 2.69. The van der Waals surface area contributed by atoms with Gasteiger partial charge in [-0.05, 0) is 37.9 Å². The second-order valence-electron chi connectivity index (χ2n) is 5.56. The second kappa shape index (κ2) is 8.76. The van der Waals surface area contributed by atoms with E-state index in [0.29, 0.717) is 18.0 Å². The summed E-state index contributed by atoms with van der Waals surface area (Å²) in [6.45, 7) is 4.93. The largest absolute Gasteiger partial charge is 0.495 e. The van der Waals surface area contributed by atoms with Crippen LogP contribution in [0.25, 0.3) is 0 Å².